The van der Waals surface area contributed by atoms with Crippen LogP contribution in [0.25, 0.3) is 11.3 Å². The van der Waals surface area contributed by atoms with Crippen LogP contribution in [0.1, 0.15) is 18.5 Å². The van der Waals surface area contributed by atoms with E-state index in [9.17, 15) is 0 Å². The fraction of sp³-hybridized carbons (Fsp3) is 0.375. The SMILES string of the molecule is CN=C(SC)N(Cc1cc(-c2cccc(Cl)c2)on1)C1CC1. The van der Waals surface area contributed by atoms with Gasteiger partial charge in [-0.3, -0.25) is 4.99 Å². The second-order valence-corrected chi connectivity index (χ2v) is 6.47. The van der Waals surface area contributed by atoms with E-state index in [1.54, 1.807) is 11.8 Å². The van der Waals surface area contributed by atoms with Crippen molar-refractivity contribution in [3.8, 4) is 11.3 Å². The van der Waals surface area contributed by atoms with Gasteiger partial charge < -0.3 is 9.42 Å². The number of nitrogens with zero attached hydrogens (tertiary/aromatic N) is 3. The Kier molecular flexibility index (Phi) is 4.74. The number of thioether (sulfide) groups is 1. The number of halogens is 1. The molecule has 0 bridgehead atoms. The summed E-state index contributed by atoms with van der Waals surface area (Å²) in [6.45, 7) is 0.724. The summed E-state index contributed by atoms with van der Waals surface area (Å²) in [6, 6.07) is 10.2. The van der Waals surface area contributed by atoms with Crippen LogP contribution in [0.4, 0.5) is 0 Å². The lowest BCUT2D eigenvalue weighted by molar-refractivity contribution is 0.373. The number of aliphatic imine (C=N–C) groups is 1. The first-order valence-electron chi connectivity index (χ1n) is 7.20. The molecule has 1 heterocycles. The molecule has 0 unspecified atom stereocenters. The summed E-state index contributed by atoms with van der Waals surface area (Å²) in [5.74, 6) is 0.743. The van der Waals surface area contributed by atoms with Crippen molar-refractivity contribution in [3.63, 3.8) is 0 Å². The van der Waals surface area contributed by atoms with Crippen LogP contribution in [-0.4, -0.2) is 34.6 Å². The molecule has 1 fully saturated rings. The van der Waals surface area contributed by atoms with Gasteiger partial charge >= 0.3 is 0 Å². The molecule has 0 aliphatic heterocycles. The number of amidine groups is 1. The molecule has 0 N–H and O–H groups in total. The number of rotatable bonds is 4. The standard InChI is InChI=1S/C16H18ClN3OS/c1-18-16(22-2)20(14-6-7-14)10-13-9-15(21-19-13)11-4-3-5-12(17)8-11/h3-5,8-9,14H,6-7,10H2,1-2H3. The molecule has 4 nitrogen and oxygen atoms in total. The fourth-order valence-electron chi connectivity index (χ4n) is 2.41. The molecule has 1 aromatic heterocycles. The van der Waals surface area contributed by atoms with Gasteiger partial charge in [-0.2, -0.15) is 0 Å². The maximum Gasteiger partial charge on any atom is 0.167 e. The van der Waals surface area contributed by atoms with Crippen LogP contribution in [0.15, 0.2) is 39.8 Å². The first-order chi connectivity index (χ1) is 10.7. The first-order valence-corrected chi connectivity index (χ1v) is 8.80. The lowest BCUT2D eigenvalue weighted by atomic mass is 10.1. The molecule has 1 aliphatic carbocycles. The van der Waals surface area contributed by atoms with Crippen molar-refractivity contribution in [1.29, 1.82) is 0 Å². The molecule has 1 aromatic carbocycles. The first kappa shape index (κ1) is 15.4. The number of hydrogen-bond donors (Lipinski definition) is 0. The van der Waals surface area contributed by atoms with Gasteiger partial charge in [-0.25, -0.2) is 0 Å². The number of benzene rings is 1. The maximum absolute atomic E-state index is 6.03. The Morgan fingerprint density at radius 3 is 2.91 bits per heavy atom. The van der Waals surface area contributed by atoms with Crippen LogP contribution < -0.4 is 0 Å². The summed E-state index contributed by atoms with van der Waals surface area (Å²) in [4.78, 5) is 6.68. The minimum atomic E-state index is 0.581. The van der Waals surface area contributed by atoms with Crippen molar-refractivity contribution >= 4 is 28.5 Å². The van der Waals surface area contributed by atoms with Crippen LogP contribution in [0.2, 0.25) is 5.02 Å². The van der Waals surface area contributed by atoms with Crippen molar-refractivity contribution in [3.05, 3.63) is 41.0 Å². The van der Waals surface area contributed by atoms with E-state index in [2.05, 4.69) is 21.3 Å². The largest absolute Gasteiger partial charge is 0.356 e. The topological polar surface area (TPSA) is 41.6 Å². The molecule has 0 saturated heterocycles. The molecule has 2 aromatic rings. The fourth-order valence-corrected chi connectivity index (χ4v) is 3.24. The van der Waals surface area contributed by atoms with Gasteiger partial charge in [0.2, 0.25) is 0 Å². The molecule has 0 amide bonds. The Hall–Kier alpha value is -1.46. The molecule has 3 rings (SSSR count). The van der Waals surface area contributed by atoms with E-state index in [0.29, 0.717) is 11.1 Å². The van der Waals surface area contributed by atoms with E-state index in [4.69, 9.17) is 16.1 Å². The second-order valence-electron chi connectivity index (χ2n) is 5.26. The molecule has 116 valence electrons. The van der Waals surface area contributed by atoms with Gasteiger partial charge in [0.15, 0.2) is 10.9 Å². The third-order valence-electron chi connectivity index (χ3n) is 3.61. The third-order valence-corrected chi connectivity index (χ3v) is 4.62. The normalized spacial score (nSPS) is 15.1. The summed E-state index contributed by atoms with van der Waals surface area (Å²) in [5, 5.41) is 5.94. The van der Waals surface area contributed by atoms with E-state index < -0.39 is 0 Å². The van der Waals surface area contributed by atoms with E-state index >= 15 is 0 Å². The minimum absolute atomic E-state index is 0.581. The van der Waals surface area contributed by atoms with Gasteiger partial charge in [-0.15, -0.1) is 0 Å². The Bertz CT molecular complexity index is 682. The predicted octanol–water partition coefficient (Wildman–Crippen LogP) is 4.31. The van der Waals surface area contributed by atoms with Crippen LogP contribution >= 0.6 is 23.4 Å². The lowest BCUT2D eigenvalue weighted by Crippen LogP contribution is -2.30. The summed E-state index contributed by atoms with van der Waals surface area (Å²) < 4.78 is 5.47. The van der Waals surface area contributed by atoms with Gasteiger partial charge in [0.25, 0.3) is 0 Å². The molecular formula is C16H18ClN3OS. The molecule has 22 heavy (non-hydrogen) atoms. The third kappa shape index (κ3) is 3.47. The smallest absolute Gasteiger partial charge is 0.167 e. The average molecular weight is 336 g/mol. The van der Waals surface area contributed by atoms with Gasteiger partial charge in [-0.1, -0.05) is 40.7 Å². The maximum atomic E-state index is 6.03. The Morgan fingerprint density at radius 2 is 2.27 bits per heavy atom. The highest BCUT2D eigenvalue weighted by Gasteiger charge is 2.31. The summed E-state index contributed by atoms with van der Waals surface area (Å²) in [7, 11) is 1.83. The Labute approximate surface area is 139 Å². The predicted molar refractivity (Wildman–Crippen MR) is 92.4 cm³/mol. The van der Waals surface area contributed by atoms with Crippen molar-refractivity contribution in [2.45, 2.75) is 25.4 Å². The average Bonchev–Trinajstić information content (AvgIpc) is 3.26. The van der Waals surface area contributed by atoms with Crippen LogP contribution in [0, 0.1) is 0 Å². The zero-order valence-corrected chi connectivity index (χ0v) is 14.2. The molecule has 6 heteroatoms. The number of aromatic nitrogens is 1. The van der Waals surface area contributed by atoms with Crippen molar-refractivity contribution in [1.82, 2.24) is 10.1 Å². The van der Waals surface area contributed by atoms with Crippen LogP contribution in [-0.2, 0) is 6.54 Å². The highest BCUT2D eigenvalue weighted by atomic mass is 35.5. The quantitative estimate of drug-likeness (QED) is 0.616. The van der Waals surface area contributed by atoms with Gasteiger partial charge in [0.1, 0.15) is 5.69 Å². The molecular weight excluding hydrogens is 318 g/mol. The minimum Gasteiger partial charge on any atom is -0.356 e. The zero-order valence-electron chi connectivity index (χ0n) is 12.6. The van der Waals surface area contributed by atoms with Crippen LogP contribution in [0.3, 0.4) is 0 Å². The molecule has 0 atom stereocenters. The molecule has 0 radical (unpaired) electrons. The van der Waals surface area contributed by atoms with Crippen molar-refractivity contribution in [2.24, 2.45) is 4.99 Å². The van der Waals surface area contributed by atoms with Gasteiger partial charge in [0.05, 0.1) is 6.54 Å². The molecule has 0 spiro atoms. The Morgan fingerprint density at radius 1 is 1.45 bits per heavy atom. The van der Waals surface area contributed by atoms with Gasteiger partial charge in [-0.05, 0) is 31.2 Å². The Balaban J connectivity index is 1.78. The van der Waals surface area contributed by atoms with Crippen molar-refractivity contribution in [2.75, 3.05) is 13.3 Å². The highest BCUT2D eigenvalue weighted by Crippen LogP contribution is 2.31. The van der Waals surface area contributed by atoms with E-state index in [1.165, 1.54) is 12.8 Å². The summed E-state index contributed by atoms with van der Waals surface area (Å²) in [5.41, 5.74) is 1.86. The summed E-state index contributed by atoms with van der Waals surface area (Å²) in [6.07, 6.45) is 4.50. The molecule has 1 saturated carbocycles. The van der Waals surface area contributed by atoms with Gasteiger partial charge in [0, 0.05) is 29.7 Å². The zero-order chi connectivity index (χ0) is 15.5. The van der Waals surface area contributed by atoms with E-state index in [1.807, 2.05) is 37.4 Å². The second kappa shape index (κ2) is 6.75. The number of hydrogen-bond acceptors (Lipinski definition) is 4. The van der Waals surface area contributed by atoms with Crippen LogP contribution in [0.5, 0.6) is 0 Å². The van der Waals surface area contributed by atoms with Crippen molar-refractivity contribution < 1.29 is 4.52 Å². The van der Waals surface area contributed by atoms with E-state index in [0.717, 1.165) is 28.7 Å². The van der Waals surface area contributed by atoms with E-state index in [-0.39, 0.29) is 0 Å². The summed E-state index contributed by atoms with van der Waals surface area (Å²) >= 11 is 7.70. The monoisotopic (exact) mass is 335 g/mol. The molecule has 1 aliphatic rings. The highest BCUT2D eigenvalue weighted by molar-refractivity contribution is 8.13. The lowest BCUT2D eigenvalue weighted by Gasteiger charge is -2.23.